The normalized spacial score (nSPS) is 40.2. The Bertz CT molecular complexity index is 542. The van der Waals surface area contributed by atoms with Crippen molar-refractivity contribution < 1.29 is 4.79 Å². The van der Waals surface area contributed by atoms with Crippen molar-refractivity contribution >= 4 is 27.5 Å². The molecule has 0 saturated heterocycles. The molecule has 21 heavy (non-hydrogen) atoms. The van der Waals surface area contributed by atoms with Crippen molar-refractivity contribution in [2.45, 2.75) is 49.3 Å². The van der Waals surface area contributed by atoms with Crippen LogP contribution in [0.5, 0.6) is 0 Å². The SMILES string of the molecule is O=C(CC12CC3CC(CC(Br)(C3)C1)C2)Nc1ccccc1. The third kappa shape index (κ3) is 2.65. The number of hydrogen-bond acceptors (Lipinski definition) is 1. The van der Waals surface area contributed by atoms with Crippen molar-refractivity contribution in [3.63, 3.8) is 0 Å². The third-order valence-electron chi connectivity index (χ3n) is 5.70. The van der Waals surface area contributed by atoms with Crippen LogP contribution in [0.3, 0.4) is 0 Å². The van der Waals surface area contributed by atoms with Gasteiger partial charge in [0, 0.05) is 16.4 Å². The Morgan fingerprint density at radius 2 is 1.81 bits per heavy atom. The van der Waals surface area contributed by atoms with Crippen molar-refractivity contribution in [3.8, 4) is 0 Å². The number of para-hydroxylation sites is 1. The Labute approximate surface area is 134 Å². The van der Waals surface area contributed by atoms with Crippen molar-refractivity contribution in [2.75, 3.05) is 5.32 Å². The van der Waals surface area contributed by atoms with E-state index in [0.29, 0.717) is 10.7 Å². The Hall–Kier alpha value is -0.830. The Kier molecular flexibility index (Phi) is 3.18. The van der Waals surface area contributed by atoms with Gasteiger partial charge in [-0.25, -0.2) is 0 Å². The maximum Gasteiger partial charge on any atom is 0.224 e. The van der Waals surface area contributed by atoms with Crippen molar-refractivity contribution in [1.29, 1.82) is 0 Å². The molecule has 4 saturated carbocycles. The predicted molar refractivity (Wildman–Crippen MR) is 88.5 cm³/mol. The summed E-state index contributed by atoms with van der Waals surface area (Å²) in [4.78, 5) is 12.5. The Morgan fingerprint density at radius 3 is 2.43 bits per heavy atom. The van der Waals surface area contributed by atoms with Crippen LogP contribution >= 0.6 is 15.9 Å². The molecule has 2 atom stereocenters. The number of nitrogens with one attached hydrogen (secondary N) is 1. The van der Waals surface area contributed by atoms with Crippen LogP contribution in [0.15, 0.2) is 30.3 Å². The summed E-state index contributed by atoms with van der Waals surface area (Å²) in [5.74, 6) is 1.88. The minimum absolute atomic E-state index is 0.194. The second-order valence-electron chi connectivity index (χ2n) is 7.70. The van der Waals surface area contributed by atoms with Crippen LogP contribution < -0.4 is 5.32 Å². The van der Waals surface area contributed by atoms with E-state index < -0.39 is 0 Å². The second kappa shape index (κ2) is 4.84. The van der Waals surface area contributed by atoms with Crippen molar-refractivity contribution in [3.05, 3.63) is 30.3 Å². The third-order valence-corrected chi connectivity index (χ3v) is 6.63. The van der Waals surface area contributed by atoms with Gasteiger partial charge >= 0.3 is 0 Å². The lowest BCUT2D eigenvalue weighted by atomic mass is 9.48. The molecule has 4 fully saturated rings. The second-order valence-corrected chi connectivity index (χ2v) is 9.39. The largest absolute Gasteiger partial charge is 0.326 e. The molecule has 3 heteroatoms. The van der Waals surface area contributed by atoms with E-state index in [1.807, 2.05) is 30.3 Å². The van der Waals surface area contributed by atoms with Crippen LogP contribution in [0.1, 0.15) is 44.9 Å². The number of hydrogen-bond donors (Lipinski definition) is 1. The van der Waals surface area contributed by atoms with Gasteiger partial charge in [0.15, 0.2) is 0 Å². The van der Waals surface area contributed by atoms with Crippen LogP contribution in [0.25, 0.3) is 0 Å². The number of rotatable bonds is 3. The average Bonchev–Trinajstić information content (AvgIpc) is 2.35. The number of carbonyl (C=O) groups is 1. The summed E-state index contributed by atoms with van der Waals surface area (Å²) in [6, 6.07) is 9.83. The molecule has 1 amide bonds. The molecule has 0 radical (unpaired) electrons. The van der Waals surface area contributed by atoms with Gasteiger partial charge in [-0.15, -0.1) is 0 Å². The molecule has 112 valence electrons. The average molecular weight is 348 g/mol. The number of amides is 1. The van der Waals surface area contributed by atoms with Gasteiger partial charge in [-0.2, -0.15) is 0 Å². The van der Waals surface area contributed by atoms with Crippen LogP contribution in [0.2, 0.25) is 0 Å². The fraction of sp³-hybridized carbons (Fsp3) is 0.611. The van der Waals surface area contributed by atoms with Gasteiger partial charge in [-0.1, -0.05) is 34.1 Å². The zero-order valence-electron chi connectivity index (χ0n) is 12.3. The van der Waals surface area contributed by atoms with Crippen LogP contribution in [0, 0.1) is 17.3 Å². The van der Waals surface area contributed by atoms with Gasteiger partial charge in [0.1, 0.15) is 0 Å². The van der Waals surface area contributed by atoms with Gasteiger partial charge in [-0.3, -0.25) is 4.79 Å². The highest BCUT2D eigenvalue weighted by atomic mass is 79.9. The summed E-state index contributed by atoms with van der Waals surface area (Å²) >= 11 is 4.02. The molecular weight excluding hydrogens is 326 g/mol. The lowest BCUT2D eigenvalue weighted by Crippen LogP contribution is -2.53. The molecule has 4 aliphatic carbocycles. The van der Waals surface area contributed by atoms with E-state index in [0.717, 1.165) is 17.5 Å². The highest BCUT2D eigenvalue weighted by Crippen LogP contribution is 2.65. The zero-order valence-corrected chi connectivity index (χ0v) is 13.9. The van der Waals surface area contributed by atoms with Crippen LogP contribution in [-0.4, -0.2) is 10.2 Å². The lowest BCUT2D eigenvalue weighted by Gasteiger charge is -2.60. The van der Waals surface area contributed by atoms with Gasteiger partial charge in [-0.05, 0) is 67.9 Å². The lowest BCUT2D eigenvalue weighted by molar-refractivity contribution is -0.123. The van der Waals surface area contributed by atoms with Crippen LogP contribution in [-0.2, 0) is 4.79 Å². The standard InChI is InChI=1S/C18H22BrNO/c19-18-9-13-6-14(10-18)8-17(7-13,12-18)11-16(21)20-15-4-2-1-3-5-15/h1-5,13-14H,6-12H2,(H,20,21). The number of anilines is 1. The molecule has 2 unspecified atom stereocenters. The first-order chi connectivity index (χ1) is 10.0. The number of benzene rings is 1. The first kappa shape index (κ1) is 13.8. The molecule has 0 aliphatic heterocycles. The molecule has 1 N–H and O–H groups in total. The molecular formula is C18H22BrNO. The summed E-state index contributed by atoms with van der Waals surface area (Å²) in [7, 11) is 0. The smallest absolute Gasteiger partial charge is 0.224 e. The number of alkyl halides is 1. The summed E-state index contributed by atoms with van der Waals surface area (Å²) in [6.45, 7) is 0. The molecule has 0 aromatic heterocycles. The van der Waals surface area contributed by atoms with E-state index in [2.05, 4.69) is 21.2 Å². The first-order valence-electron chi connectivity index (χ1n) is 8.08. The maximum atomic E-state index is 12.5. The van der Waals surface area contributed by atoms with E-state index >= 15 is 0 Å². The predicted octanol–water partition coefficient (Wildman–Crippen LogP) is 4.75. The van der Waals surface area contributed by atoms with Crippen LogP contribution in [0.4, 0.5) is 5.69 Å². The molecule has 2 nitrogen and oxygen atoms in total. The highest BCUT2D eigenvalue weighted by molar-refractivity contribution is 9.10. The van der Waals surface area contributed by atoms with Crippen molar-refractivity contribution in [2.24, 2.45) is 17.3 Å². The van der Waals surface area contributed by atoms with Gasteiger partial charge in [0.25, 0.3) is 0 Å². The maximum absolute atomic E-state index is 12.5. The molecule has 0 spiro atoms. The van der Waals surface area contributed by atoms with Gasteiger partial charge in [0.05, 0.1) is 0 Å². The fourth-order valence-corrected chi connectivity index (χ4v) is 7.12. The van der Waals surface area contributed by atoms with E-state index in [1.165, 1.54) is 38.5 Å². The van der Waals surface area contributed by atoms with Gasteiger partial charge in [0.2, 0.25) is 5.91 Å². The number of halogens is 1. The summed E-state index contributed by atoms with van der Waals surface area (Å²) in [5.41, 5.74) is 1.17. The molecule has 5 rings (SSSR count). The summed E-state index contributed by atoms with van der Waals surface area (Å²) in [6.07, 6.45) is 8.46. The quantitative estimate of drug-likeness (QED) is 0.785. The monoisotopic (exact) mass is 347 g/mol. The Balaban J connectivity index is 1.48. The summed E-state index contributed by atoms with van der Waals surface area (Å²) < 4.78 is 0.337. The highest BCUT2D eigenvalue weighted by Gasteiger charge is 2.57. The zero-order chi connectivity index (χ0) is 14.5. The van der Waals surface area contributed by atoms with E-state index in [9.17, 15) is 4.79 Å². The topological polar surface area (TPSA) is 29.1 Å². The minimum atomic E-state index is 0.194. The molecule has 4 bridgehead atoms. The summed E-state index contributed by atoms with van der Waals surface area (Å²) in [5, 5.41) is 3.08. The first-order valence-corrected chi connectivity index (χ1v) is 8.87. The molecule has 0 heterocycles. The van der Waals surface area contributed by atoms with Gasteiger partial charge < -0.3 is 5.32 Å². The van der Waals surface area contributed by atoms with Crippen molar-refractivity contribution in [1.82, 2.24) is 0 Å². The van der Waals surface area contributed by atoms with E-state index in [1.54, 1.807) is 0 Å². The Morgan fingerprint density at radius 1 is 1.14 bits per heavy atom. The number of carbonyl (C=O) groups excluding carboxylic acids is 1. The molecule has 1 aromatic rings. The molecule has 1 aromatic carbocycles. The van der Waals surface area contributed by atoms with E-state index in [4.69, 9.17) is 0 Å². The molecule has 4 aliphatic rings. The minimum Gasteiger partial charge on any atom is -0.326 e. The fourth-order valence-electron chi connectivity index (χ4n) is 5.61. The van der Waals surface area contributed by atoms with E-state index in [-0.39, 0.29) is 11.3 Å².